The van der Waals surface area contributed by atoms with Gasteiger partial charge in [-0.25, -0.2) is 0 Å². The van der Waals surface area contributed by atoms with Gasteiger partial charge in [0.15, 0.2) is 0 Å². The van der Waals surface area contributed by atoms with Gasteiger partial charge >= 0.3 is 0 Å². The van der Waals surface area contributed by atoms with Crippen LogP contribution in [0.4, 0.5) is 5.69 Å². The van der Waals surface area contributed by atoms with E-state index in [-0.39, 0.29) is 0 Å². The van der Waals surface area contributed by atoms with Crippen LogP contribution in [0.15, 0.2) is 36.5 Å². The highest BCUT2D eigenvalue weighted by Crippen LogP contribution is 2.34. The molecule has 1 fully saturated rings. The van der Waals surface area contributed by atoms with Crippen LogP contribution in [-0.2, 0) is 24.1 Å². The quantitative estimate of drug-likeness (QED) is 0.771. The Bertz CT molecular complexity index is 879. The fraction of sp³-hybridized carbons (Fsp3) is 0.577. The molecule has 5 heteroatoms. The summed E-state index contributed by atoms with van der Waals surface area (Å²) in [4.78, 5) is 10.1. The van der Waals surface area contributed by atoms with Crippen molar-refractivity contribution < 1.29 is 4.74 Å². The molecule has 0 saturated carbocycles. The van der Waals surface area contributed by atoms with E-state index in [1.54, 1.807) is 5.56 Å². The number of morpholine rings is 1. The standard InChI is InChI=1S/C26H36N4O/c1-2-12-30(25-10-3-6-20-8-5-11-27-26(20)25)19-22-17-23-21(18-28-22)7-4-9-24(23)29-13-15-31-16-14-29/h4-5,7-9,11,22,25,28H,2-3,6,10,12-19H2,1H3/t22-,25+/m1/s1. The molecular formula is C26H36N4O. The summed E-state index contributed by atoms with van der Waals surface area (Å²) in [6.07, 6.45) is 7.94. The largest absolute Gasteiger partial charge is 0.378 e. The number of aryl methyl sites for hydroxylation is 1. The van der Waals surface area contributed by atoms with E-state index in [0.29, 0.717) is 12.1 Å². The molecule has 5 rings (SSSR count). The second-order valence-electron chi connectivity index (χ2n) is 9.25. The van der Waals surface area contributed by atoms with Gasteiger partial charge in [0.05, 0.1) is 24.9 Å². The van der Waals surface area contributed by atoms with Gasteiger partial charge in [-0.05, 0) is 67.5 Å². The first kappa shape index (κ1) is 20.9. The number of ether oxygens (including phenoxy) is 1. The highest BCUT2D eigenvalue weighted by Gasteiger charge is 2.30. The maximum absolute atomic E-state index is 5.60. The van der Waals surface area contributed by atoms with Crippen LogP contribution in [0.1, 0.15) is 54.6 Å². The second kappa shape index (κ2) is 9.68. The second-order valence-corrected chi connectivity index (χ2v) is 9.25. The van der Waals surface area contributed by atoms with E-state index in [0.717, 1.165) is 52.4 Å². The molecule has 0 spiro atoms. The van der Waals surface area contributed by atoms with Crippen LogP contribution in [0.25, 0.3) is 0 Å². The minimum atomic E-state index is 0.461. The molecule has 2 aliphatic heterocycles. The highest BCUT2D eigenvalue weighted by molar-refractivity contribution is 5.58. The van der Waals surface area contributed by atoms with Gasteiger partial charge in [-0.3, -0.25) is 9.88 Å². The topological polar surface area (TPSA) is 40.6 Å². The number of aromatic nitrogens is 1. The lowest BCUT2D eigenvalue weighted by Gasteiger charge is -2.39. The van der Waals surface area contributed by atoms with E-state index in [1.165, 1.54) is 48.2 Å². The van der Waals surface area contributed by atoms with Crippen molar-refractivity contribution in [1.29, 1.82) is 0 Å². The average molecular weight is 421 g/mol. The third-order valence-corrected chi connectivity index (χ3v) is 7.20. The van der Waals surface area contributed by atoms with Gasteiger partial charge in [0, 0.05) is 44.1 Å². The van der Waals surface area contributed by atoms with Crippen LogP contribution < -0.4 is 10.2 Å². The minimum Gasteiger partial charge on any atom is -0.378 e. The maximum Gasteiger partial charge on any atom is 0.0642 e. The molecule has 1 aromatic heterocycles. The van der Waals surface area contributed by atoms with Crippen molar-refractivity contribution in [3.05, 3.63) is 58.9 Å². The van der Waals surface area contributed by atoms with E-state index < -0.39 is 0 Å². The fourth-order valence-electron chi connectivity index (χ4n) is 5.71. The lowest BCUT2D eigenvalue weighted by molar-refractivity contribution is 0.122. The molecule has 0 amide bonds. The molecule has 2 atom stereocenters. The third-order valence-electron chi connectivity index (χ3n) is 7.20. The Morgan fingerprint density at radius 1 is 1.16 bits per heavy atom. The van der Waals surface area contributed by atoms with Crippen LogP contribution in [-0.4, -0.2) is 55.3 Å². The first-order valence-corrected chi connectivity index (χ1v) is 12.2. The number of rotatable bonds is 6. The summed E-state index contributed by atoms with van der Waals surface area (Å²) >= 11 is 0. The van der Waals surface area contributed by atoms with Crippen LogP contribution in [0.2, 0.25) is 0 Å². The van der Waals surface area contributed by atoms with Gasteiger partial charge in [-0.2, -0.15) is 0 Å². The summed E-state index contributed by atoms with van der Waals surface area (Å²) in [6.45, 7) is 9.17. The first-order valence-electron chi connectivity index (χ1n) is 12.2. The smallest absolute Gasteiger partial charge is 0.0642 e. The number of nitrogens with zero attached hydrogens (tertiary/aromatic N) is 3. The van der Waals surface area contributed by atoms with E-state index in [4.69, 9.17) is 9.72 Å². The van der Waals surface area contributed by atoms with Gasteiger partial charge in [-0.15, -0.1) is 0 Å². The molecule has 31 heavy (non-hydrogen) atoms. The SMILES string of the molecule is CCCN(C[C@H]1Cc2c(cccc2N2CCOCC2)CN1)[C@H]1CCCc2cccnc21. The maximum atomic E-state index is 5.60. The normalized spacial score (nSPS) is 23.5. The van der Waals surface area contributed by atoms with Crippen molar-refractivity contribution in [3.63, 3.8) is 0 Å². The van der Waals surface area contributed by atoms with Crippen molar-refractivity contribution in [2.75, 3.05) is 44.3 Å². The molecule has 0 unspecified atom stereocenters. The van der Waals surface area contributed by atoms with Crippen LogP contribution >= 0.6 is 0 Å². The summed E-state index contributed by atoms with van der Waals surface area (Å²) < 4.78 is 5.60. The Labute approximate surface area is 186 Å². The molecule has 1 N–H and O–H groups in total. The molecule has 0 radical (unpaired) electrons. The predicted molar refractivity (Wildman–Crippen MR) is 126 cm³/mol. The van der Waals surface area contributed by atoms with Gasteiger partial charge in [0.25, 0.3) is 0 Å². The summed E-state index contributed by atoms with van der Waals surface area (Å²) in [5.74, 6) is 0. The number of anilines is 1. The highest BCUT2D eigenvalue weighted by atomic mass is 16.5. The molecule has 1 aromatic carbocycles. The Morgan fingerprint density at radius 3 is 2.90 bits per heavy atom. The first-order chi connectivity index (χ1) is 15.3. The number of nitrogens with one attached hydrogen (secondary N) is 1. The lowest BCUT2D eigenvalue weighted by atomic mass is 9.89. The molecule has 1 saturated heterocycles. The zero-order valence-electron chi connectivity index (χ0n) is 18.9. The predicted octanol–water partition coefficient (Wildman–Crippen LogP) is 3.72. The number of hydrogen-bond acceptors (Lipinski definition) is 5. The Hall–Kier alpha value is -1.95. The molecule has 3 heterocycles. The zero-order chi connectivity index (χ0) is 21.0. The number of pyridine rings is 1. The third kappa shape index (κ3) is 4.50. The minimum absolute atomic E-state index is 0.461. The van der Waals surface area contributed by atoms with Gasteiger partial charge in [0.2, 0.25) is 0 Å². The van der Waals surface area contributed by atoms with E-state index in [2.05, 4.69) is 52.4 Å². The van der Waals surface area contributed by atoms with E-state index >= 15 is 0 Å². The molecule has 3 aliphatic rings. The molecule has 2 aromatic rings. The van der Waals surface area contributed by atoms with Crippen molar-refractivity contribution >= 4 is 5.69 Å². The molecule has 0 bridgehead atoms. The summed E-state index contributed by atoms with van der Waals surface area (Å²) in [6, 6.07) is 12.2. The Kier molecular flexibility index (Phi) is 6.53. The summed E-state index contributed by atoms with van der Waals surface area (Å²) in [7, 11) is 0. The van der Waals surface area contributed by atoms with E-state index in [9.17, 15) is 0 Å². The van der Waals surface area contributed by atoms with Crippen molar-refractivity contribution in [2.45, 2.75) is 57.7 Å². The lowest BCUT2D eigenvalue weighted by Crippen LogP contribution is -2.47. The van der Waals surface area contributed by atoms with Crippen LogP contribution in [0, 0.1) is 0 Å². The number of hydrogen-bond donors (Lipinski definition) is 1. The van der Waals surface area contributed by atoms with Gasteiger partial charge in [-0.1, -0.05) is 25.1 Å². The summed E-state index contributed by atoms with van der Waals surface area (Å²) in [5.41, 5.74) is 7.22. The van der Waals surface area contributed by atoms with Crippen molar-refractivity contribution in [3.8, 4) is 0 Å². The fourth-order valence-corrected chi connectivity index (χ4v) is 5.71. The average Bonchev–Trinajstić information content (AvgIpc) is 2.83. The number of fused-ring (bicyclic) bond motifs is 2. The molecule has 1 aliphatic carbocycles. The monoisotopic (exact) mass is 420 g/mol. The van der Waals surface area contributed by atoms with Crippen molar-refractivity contribution in [1.82, 2.24) is 15.2 Å². The molecule has 166 valence electrons. The van der Waals surface area contributed by atoms with Crippen molar-refractivity contribution in [2.24, 2.45) is 0 Å². The summed E-state index contributed by atoms with van der Waals surface area (Å²) in [5, 5.41) is 3.85. The zero-order valence-corrected chi connectivity index (χ0v) is 18.9. The van der Waals surface area contributed by atoms with E-state index in [1.807, 2.05) is 6.20 Å². The molecular weight excluding hydrogens is 384 g/mol. The van der Waals surface area contributed by atoms with Gasteiger partial charge in [0.1, 0.15) is 0 Å². The number of benzene rings is 1. The Balaban J connectivity index is 1.35. The molecule has 5 nitrogen and oxygen atoms in total. The Morgan fingerprint density at radius 2 is 2.03 bits per heavy atom. The van der Waals surface area contributed by atoms with Crippen LogP contribution in [0.5, 0.6) is 0 Å². The van der Waals surface area contributed by atoms with Crippen LogP contribution in [0.3, 0.4) is 0 Å². The van der Waals surface area contributed by atoms with Gasteiger partial charge < -0.3 is 15.0 Å².